The van der Waals surface area contributed by atoms with Crippen molar-refractivity contribution in [1.29, 1.82) is 0 Å². The van der Waals surface area contributed by atoms with Crippen molar-refractivity contribution in [3.63, 3.8) is 0 Å². The minimum absolute atomic E-state index is 0.0630. The van der Waals surface area contributed by atoms with Crippen molar-refractivity contribution in [1.82, 2.24) is 5.32 Å². The Hall–Kier alpha value is -2.37. The Morgan fingerprint density at radius 3 is 2.60 bits per heavy atom. The highest BCUT2D eigenvalue weighted by Gasteiger charge is 2.16. The number of anilines is 1. The average Bonchev–Trinajstić information content (AvgIpc) is 2.59. The molecule has 0 aliphatic carbocycles. The lowest BCUT2D eigenvalue weighted by atomic mass is 10.0. The molecular formula is C19H21ClN2O3. The molecule has 25 heavy (non-hydrogen) atoms. The van der Waals surface area contributed by atoms with Gasteiger partial charge >= 0.3 is 0 Å². The molecule has 5 nitrogen and oxygen atoms in total. The first-order chi connectivity index (χ1) is 11.9. The summed E-state index contributed by atoms with van der Waals surface area (Å²) in [5.41, 5.74) is 2.36. The van der Waals surface area contributed by atoms with Crippen LogP contribution in [-0.4, -0.2) is 23.5 Å². The van der Waals surface area contributed by atoms with E-state index in [-0.39, 0.29) is 12.5 Å². The van der Waals surface area contributed by atoms with Crippen molar-refractivity contribution in [2.24, 2.45) is 0 Å². The van der Waals surface area contributed by atoms with E-state index in [0.717, 1.165) is 11.1 Å². The fraction of sp³-hybridized carbons (Fsp3) is 0.263. The monoisotopic (exact) mass is 360 g/mol. The highest BCUT2D eigenvalue weighted by atomic mass is 35.5. The zero-order valence-corrected chi connectivity index (χ0v) is 14.9. The summed E-state index contributed by atoms with van der Waals surface area (Å²) in [5.74, 6) is -0.605. The Labute approximate surface area is 152 Å². The molecule has 3 N–H and O–H groups in total. The Bertz CT molecular complexity index is 777. The number of rotatable bonds is 6. The van der Waals surface area contributed by atoms with Gasteiger partial charge < -0.3 is 15.7 Å². The summed E-state index contributed by atoms with van der Waals surface area (Å²) in [6, 6.07) is 12.1. The summed E-state index contributed by atoms with van der Waals surface area (Å²) in [7, 11) is 0. The van der Waals surface area contributed by atoms with Crippen LogP contribution in [0.3, 0.4) is 0 Å². The highest BCUT2D eigenvalue weighted by Crippen LogP contribution is 2.22. The largest absolute Gasteiger partial charge is 0.387 e. The first-order valence-corrected chi connectivity index (χ1v) is 8.41. The Morgan fingerprint density at radius 1 is 1.20 bits per heavy atom. The van der Waals surface area contributed by atoms with E-state index in [1.165, 1.54) is 6.07 Å². The van der Waals surface area contributed by atoms with Crippen molar-refractivity contribution in [2.45, 2.75) is 26.4 Å². The molecule has 0 fully saturated rings. The van der Waals surface area contributed by atoms with E-state index >= 15 is 0 Å². The van der Waals surface area contributed by atoms with Crippen LogP contribution in [0.15, 0.2) is 42.5 Å². The maximum Gasteiger partial charge on any atom is 0.253 e. The van der Waals surface area contributed by atoms with Gasteiger partial charge in [0.25, 0.3) is 5.91 Å². The Morgan fingerprint density at radius 2 is 1.92 bits per heavy atom. The minimum Gasteiger partial charge on any atom is -0.387 e. The van der Waals surface area contributed by atoms with Gasteiger partial charge in [-0.05, 0) is 36.2 Å². The summed E-state index contributed by atoms with van der Waals surface area (Å²) in [5, 5.41) is 16.1. The van der Waals surface area contributed by atoms with Crippen LogP contribution in [0.25, 0.3) is 0 Å². The van der Waals surface area contributed by atoms with Crippen molar-refractivity contribution < 1.29 is 14.7 Å². The molecule has 2 rings (SSSR count). The van der Waals surface area contributed by atoms with E-state index in [9.17, 15) is 14.7 Å². The molecule has 0 aliphatic heterocycles. The zero-order chi connectivity index (χ0) is 18.4. The van der Waals surface area contributed by atoms with Gasteiger partial charge in [0.15, 0.2) is 0 Å². The van der Waals surface area contributed by atoms with Gasteiger partial charge in [0.2, 0.25) is 5.91 Å². The normalized spacial score (nSPS) is 11.7. The summed E-state index contributed by atoms with van der Waals surface area (Å²) < 4.78 is 0. The number of carbonyl (C=O) groups excluding carboxylic acids is 2. The number of hydrogen-bond donors (Lipinski definition) is 3. The molecule has 0 saturated carbocycles. The van der Waals surface area contributed by atoms with Gasteiger partial charge in [-0.15, -0.1) is 0 Å². The molecule has 6 heteroatoms. The highest BCUT2D eigenvalue weighted by molar-refractivity contribution is 6.31. The SMILES string of the molecule is CCC(=O)Nc1cc(Cl)ccc1C(=O)NCC(O)c1ccccc1C. The maximum absolute atomic E-state index is 12.5. The van der Waals surface area contributed by atoms with Gasteiger partial charge in [-0.3, -0.25) is 9.59 Å². The molecule has 2 amide bonds. The second-order valence-electron chi connectivity index (χ2n) is 5.67. The van der Waals surface area contributed by atoms with Crippen LogP contribution in [0.4, 0.5) is 5.69 Å². The van der Waals surface area contributed by atoms with E-state index in [1.54, 1.807) is 19.1 Å². The quantitative estimate of drug-likeness (QED) is 0.738. The molecule has 0 aromatic heterocycles. The van der Waals surface area contributed by atoms with E-state index in [2.05, 4.69) is 10.6 Å². The van der Waals surface area contributed by atoms with Crippen molar-refractivity contribution in [3.05, 3.63) is 64.2 Å². The Balaban J connectivity index is 2.10. The predicted molar refractivity (Wildman–Crippen MR) is 98.8 cm³/mol. The van der Waals surface area contributed by atoms with Gasteiger partial charge in [0, 0.05) is 18.0 Å². The van der Waals surface area contributed by atoms with Crippen LogP contribution in [0, 0.1) is 6.92 Å². The lowest BCUT2D eigenvalue weighted by Crippen LogP contribution is -2.29. The summed E-state index contributed by atoms with van der Waals surface area (Å²) in [4.78, 5) is 24.1. The number of aliphatic hydroxyl groups is 1. The third-order valence-corrected chi connectivity index (χ3v) is 4.06. The second kappa shape index (κ2) is 8.65. The third-order valence-electron chi connectivity index (χ3n) is 3.82. The van der Waals surface area contributed by atoms with E-state index in [4.69, 9.17) is 11.6 Å². The maximum atomic E-state index is 12.5. The number of carbonyl (C=O) groups is 2. The molecule has 0 bridgehead atoms. The van der Waals surface area contributed by atoms with Crippen LogP contribution in [0.5, 0.6) is 0 Å². The van der Waals surface area contributed by atoms with E-state index < -0.39 is 12.0 Å². The van der Waals surface area contributed by atoms with Gasteiger partial charge in [-0.1, -0.05) is 42.8 Å². The van der Waals surface area contributed by atoms with Gasteiger partial charge in [0.1, 0.15) is 0 Å². The first-order valence-electron chi connectivity index (χ1n) is 8.03. The second-order valence-corrected chi connectivity index (χ2v) is 6.11. The van der Waals surface area contributed by atoms with Gasteiger partial charge in [-0.25, -0.2) is 0 Å². The van der Waals surface area contributed by atoms with Gasteiger partial charge in [-0.2, -0.15) is 0 Å². The number of halogens is 1. The fourth-order valence-electron chi connectivity index (χ4n) is 2.41. The number of amides is 2. The molecule has 0 heterocycles. The standard InChI is InChI=1S/C19H21ClN2O3/c1-3-18(24)22-16-10-13(20)8-9-15(16)19(25)21-11-17(23)14-7-5-4-6-12(14)2/h4-10,17,23H,3,11H2,1-2H3,(H,21,25)(H,22,24). The van der Waals surface area contributed by atoms with E-state index in [0.29, 0.717) is 22.7 Å². The van der Waals surface area contributed by atoms with Crippen molar-refractivity contribution >= 4 is 29.1 Å². The molecule has 1 unspecified atom stereocenters. The Kier molecular flexibility index (Phi) is 6.56. The first kappa shape index (κ1) is 19.0. The average molecular weight is 361 g/mol. The summed E-state index contributed by atoms with van der Waals surface area (Å²) >= 11 is 5.95. The number of aryl methyl sites for hydroxylation is 1. The summed E-state index contributed by atoms with van der Waals surface area (Å²) in [6.45, 7) is 3.68. The van der Waals surface area contributed by atoms with Crippen molar-refractivity contribution in [3.8, 4) is 0 Å². The molecule has 0 aliphatic rings. The smallest absolute Gasteiger partial charge is 0.253 e. The lowest BCUT2D eigenvalue weighted by Gasteiger charge is -2.16. The molecule has 0 spiro atoms. The van der Waals surface area contributed by atoms with Gasteiger partial charge in [0.05, 0.1) is 17.4 Å². The molecule has 1 atom stereocenters. The van der Waals surface area contributed by atoms with Crippen molar-refractivity contribution in [2.75, 3.05) is 11.9 Å². The minimum atomic E-state index is -0.814. The third kappa shape index (κ3) is 5.05. The van der Waals surface area contributed by atoms with Crippen LogP contribution >= 0.6 is 11.6 Å². The predicted octanol–water partition coefficient (Wildman–Crippen LogP) is 3.46. The topological polar surface area (TPSA) is 78.4 Å². The van der Waals surface area contributed by atoms with Crippen LogP contribution in [0.2, 0.25) is 5.02 Å². The number of hydrogen-bond acceptors (Lipinski definition) is 3. The molecular weight excluding hydrogens is 340 g/mol. The number of benzene rings is 2. The fourth-order valence-corrected chi connectivity index (χ4v) is 2.58. The zero-order valence-electron chi connectivity index (χ0n) is 14.2. The molecule has 2 aromatic carbocycles. The molecule has 132 valence electrons. The number of aliphatic hydroxyl groups excluding tert-OH is 1. The van der Waals surface area contributed by atoms with Crippen LogP contribution in [0.1, 0.15) is 40.9 Å². The van der Waals surface area contributed by atoms with Crippen LogP contribution in [-0.2, 0) is 4.79 Å². The molecule has 0 saturated heterocycles. The molecule has 0 radical (unpaired) electrons. The van der Waals surface area contributed by atoms with Crippen LogP contribution < -0.4 is 10.6 Å². The summed E-state index contributed by atoms with van der Waals surface area (Å²) in [6.07, 6.45) is -0.523. The van der Waals surface area contributed by atoms with E-state index in [1.807, 2.05) is 31.2 Å². The molecule has 2 aromatic rings. The number of nitrogens with one attached hydrogen (secondary N) is 2. The lowest BCUT2D eigenvalue weighted by molar-refractivity contribution is -0.115.